The van der Waals surface area contributed by atoms with Crippen molar-refractivity contribution in [1.82, 2.24) is 0 Å². The number of hydrogen-bond donors (Lipinski definition) is 3. The van der Waals surface area contributed by atoms with Gasteiger partial charge in [-0.15, -0.1) is 0 Å². The molecule has 2 amide bonds. The Morgan fingerprint density at radius 1 is 1.00 bits per heavy atom. The SMILES string of the molecule is CC(O)Cc1ccc(NC(=O)CCCc2ccc(-c3ccccc3)c(OC(N)=O)c2)cc1. The van der Waals surface area contributed by atoms with Crippen LogP contribution in [0.3, 0.4) is 0 Å². The molecule has 0 saturated carbocycles. The van der Waals surface area contributed by atoms with Crippen molar-refractivity contribution in [3.8, 4) is 16.9 Å². The van der Waals surface area contributed by atoms with Gasteiger partial charge in [-0.05, 0) is 61.1 Å². The number of ether oxygens (including phenoxy) is 1. The van der Waals surface area contributed by atoms with E-state index in [1.165, 1.54) is 0 Å². The number of rotatable bonds is 9. The number of aryl methyl sites for hydroxylation is 1. The van der Waals surface area contributed by atoms with E-state index in [9.17, 15) is 14.7 Å². The summed E-state index contributed by atoms with van der Waals surface area (Å²) >= 11 is 0. The molecule has 0 saturated heterocycles. The topological polar surface area (TPSA) is 102 Å². The van der Waals surface area contributed by atoms with E-state index in [0.717, 1.165) is 27.9 Å². The third-order valence-corrected chi connectivity index (χ3v) is 4.98. The number of amides is 2. The molecule has 0 fully saturated rings. The van der Waals surface area contributed by atoms with Gasteiger partial charge in [0.05, 0.1) is 6.10 Å². The number of aliphatic hydroxyl groups excluding tert-OH is 1. The zero-order valence-corrected chi connectivity index (χ0v) is 18.1. The van der Waals surface area contributed by atoms with E-state index >= 15 is 0 Å². The fourth-order valence-corrected chi connectivity index (χ4v) is 3.51. The summed E-state index contributed by atoms with van der Waals surface area (Å²) in [5.41, 5.74) is 9.65. The minimum atomic E-state index is -0.863. The quantitative estimate of drug-likeness (QED) is 0.456. The molecule has 0 radical (unpaired) electrons. The van der Waals surface area contributed by atoms with Crippen LogP contribution in [0.25, 0.3) is 11.1 Å². The van der Waals surface area contributed by atoms with Gasteiger partial charge in [0, 0.05) is 17.7 Å². The van der Waals surface area contributed by atoms with Gasteiger partial charge in [0.15, 0.2) is 0 Å². The summed E-state index contributed by atoms with van der Waals surface area (Å²) in [5.74, 6) is 0.339. The number of carbonyl (C=O) groups excluding carboxylic acids is 2. The molecule has 1 unspecified atom stereocenters. The van der Waals surface area contributed by atoms with Crippen molar-refractivity contribution in [3.63, 3.8) is 0 Å². The summed E-state index contributed by atoms with van der Waals surface area (Å²) in [4.78, 5) is 23.6. The second-order valence-corrected chi connectivity index (χ2v) is 7.77. The van der Waals surface area contributed by atoms with Gasteiger partial charge >= 0.3 is 6.09 Å². The van der Waals surface area contributed by atoms with E-state index in [2.05, 4.69) is 5.32 Å². The van der Waals surface area contributed by atoms with E-state index in [1.807, 2.05) is 66.7 Å². The molecule has 0 aliphatic carbocycles. The maximum absolute atomic E-state index is 12.3. The van der Waals surface area contributed by atoms with Crippen LogP contribution in [0.1, 0.15) is 30.9 Å². The number of aliphatic hydroxyl groups is 1. The highest BCUT2D eigenvalue weighted by Crippen LogP contribution is 2.31. The maximum atomic E-state index is 12.3. The first-order chi connectivity index (χ1) is 15.4. The average molecular weight is 433 g/mol. The Bertz CT molecular complexity index is 1050. The normalized spacial score (nSPS) is 11.6. The maximum Gasteiger partial charge on any atom is 0.409 e. The van der Waals surface area contributed by atoms with E-state index in [4.69, 9.17) is 10.5 Å². The van der Waals surface area contributed by atoms with Gasteiger partial charge in [-0.2, -0.15) is 0 Å². The molecule has 0 aliphatic heterocycles. The van der Waals surface area contributed by atoms with Crippen LogP contribution >= 0.6 is 0 Å². The average Bonchev–Trinajstić information content (AvgIpc) is 2.75. The van der Waals surface area contributed by atoms with Gasteiger partial charge in [-0.25, -0.2) is 4.79 Å². The molecule has 6 heteroatoms. The summed E-state index contributed by atoms with van der Waals surface area (Å²) in [5, 5.41) is 12.3. The highest BCUT2D eigenvalue weighted by Gasteiger charge is 2.11. The first-order valence-corrected chi connectivity index (χ1v) is 10.6. The summed E-state index contributed by atoms with van der Waals surface area (Å²) in [6.45, 7) is 1.74. The van der Waals surface area contributed by atoms with E-state index in [-0.39, 0.29) is 5.91 Å². The van der Waals surface area contributed by atoms with Crippen LogP contribution in [0.2, 0.25) is 0 Å². The molecule has 3 aromatic rings. The first-order valence-electron chi connectivity index (χ1n) is 10.6. The lowest BCUT2D eigenvalue weighted by molar-refractivity contribution is -0.116. The third-order valence-electron chi connectivity index (χ3n) is 4.98. The molecular formula is C26H28N2O4. The van der Waals surface area contributed by atoms with Gasteiger partial charge in [0.1, 0.15) is 5.75 Å². The monoisotopic (exact) mass is 432 g/mol. The Morgan fingerprint density at radius 3 is 2.34 bits per heavy atom. The summed E-state index contributed by atoms with van der Waals surface area (Å²) < 4.78 is 5.22. The molecule has 166 valence electrons. The minimum Gasteiger partial charge on any atom is -0.410 e. The summed E-state index contributed by atoms with van der Waals surface area (Å²) in [7, 11) is 0. The molecular weight excluding hydrogens is 404 g/mol. The second kappa shape index (κ2) is 11.1. The lowest BCUT2D eigenvalue weighted by Crippen LogP contribution is -2.16. The minimum absolute atomic E-state index is 0.0669. The van der Waals surface area contributed by atoms with Crippen molar-refractivity contribution < 1.29 is 19.4 Å². The standard InChI is InChI=1S/C26H28N2O4/c1-18(29)16-20-10-13-22(14-11-20)28-25(30)9-5-6-19-12-15-23(21-7-3-2-4-8-21)24(17-19)32-26(27)31/h2-4,7-8,10-15,17-18,29H,5-6,9,16H2,1H3,(H2,27,31)(H,28,30). The molecule has 3 rings (SSSR count). The van der Waals surface area contributed by atoms with Crippen molar-refractivity contribution in [3.05, 3.63) is 83.9 Å². The van der Waals surface area contributed by atoms with Gasteiger partial charge in [-0.3, -0.25) is 4.79 Å². The van der Waals surface area contributed by atoms with Crippen LogP contribution in [0.4, 0.5) is 10.5 Å². The summed E-state index contributed by atoms with van der Waals surface area (Å²) in [6, 6.07) is 22.8. The Kier molecular flexibility index (Phi) is 8.00. The summed E-state index contributed by atoms with van der Waals surface area (Å²) in [6.07, 6.45) is 0.988. The van der Waals surface area contributed by atoms with Crippen molar-refractivity contribution >= 4 is 17.7 Å². The lowest BCUT2D eigenvalue weighted by atomic mass is 10.00. The molecule has 0 aliphatic rings. The van der Waals surface area contributed by atoms with Crippen LogP contribution in [-0.4, -0.2) is 23.2 Å². The van der Waals surface area contributed by atoms with Crippen LogP contribution < -0.4 is 15.8 Å². The molecule has 4 N–H and O–H groups in total. The van der Waals surface area contributed by atoms with Gasteiger partial charge < -0.3 is 20.9 Å². The van der Waals surface area contributed by atoms with Crippen molar-refractivity contribution in [2.45, 2.75) is 38.7 Å². The fourth-order valence-electron chi connectivity index (χ4n) is 3.51. The Balaban J connectivity index is 1.57. The van der Waals surface area contributed by atoms with E-state index in [1.54, 1.807) is 13.0 Å². The Hall–Kier alpha value is -3.64. The predicted molar refractivity (Wildman–Crippen MR) is 125 cm³/mol. The first kappa shape index (κ1) is 23.0. The molecule has 0 aromatic heterocycles. The van der Waals surface area contributed by atoms with Crippen molar-refractivity contribution in [1.29, 1.82) is 0 Å². The number of primary amides is 1. The molecule has 0 bridgehead atoms. The van der Waals surface area contributed by atoms with Crippen LogP contribution in [0, 0.1) is 0 Å². The second-order valence-electron chi connectivity index (χ2n) is 7.77. The van der Waals surface area contributed by atoms with Crippen LogP contribution in [0.5, 0.6) is 5.75 Å². The van der Waals surface area contributed by atoms with Crippen LogP contribution in [-0.2, 0) is 17.6 Å². The van der Waals surface area contributed by atoms with Gasteiger partial charge in [-0.1, -0.05) is 54.6 Å². The molecule has 1 atom stereocenters. The van der Waals surface area contributed by atoms with Crippen molar-refractivity contribution in [2.75, 3.05) is 5.32 Å². The largest absolute Gasteiger partial charge is 0.410 e. The highest BCUT2D eigenvalue weighted by atomic mass is 16.5. The molecule has 6 nitrogen and oxygen atoms in total. The van der Waals surface area contributed by atoms with E-state index < -0.39 is 12.2 Å². The highest BCUT2D eigenvalue weighted by molar-refractivity contribution is 5.90. The lowest BCUT2D eigenvalue weighted by Gasteiger charge is -2.11. The molecule has 3 aromatic carbocycles. The number of carbonyl (C=O) groups is 2. The zero-order valence-electron chi connectivity index (χ0n) is 18.1. The molecule has 32 heavy (non-hydrogen) atoms. The van der Waals surface area contributed by atoms with E-state index in [0.29, 0.717) is 31.4 Å². The number of nitrogens with one attached hydrogen (secondary N) is 1. The zero-order chi connectivity index (χ0) is 22.9. The van der Waals surface area contributed by atoms with Gasteiger partial charge in [0.2, 0.25) is 5.91 Å². The number of anilines is 1. The Labute approximate surface area is 188 Å². The predicted octanol–water partition coefficient (Wildman–Crippen LogP) is 4.70. The fraction of sp³-hybridized carbons (Fsp3) is 0.231. The van der Waals surface area contributed by atoms with Crippen molar-refractivity contribution in [2.24, 2.45) is 5.73 Å². The van der Waals surface area contributed by atoms with Gasteiger partial charge in [0.25, 0.3) is 0 Å². The molecule has 0 heterocycles. The number of hydrogen-bond acceptors (Lipinski definition) is 4. The third kappa shape index (κ3) is 6.96. The Morgan fingerprint density at radius 2 is 1.69 bits per heavy atom. The van der Waals surface area contributed by atoms with Crippen LogP contribution in [0.15, 0.2) is 72.8 Å². The smallest absolute Gasteiger partial charge is 0.409 e. The molecule has 0 spiro atoms. The number of benzene rings is 3. The number of nitrogens with two attached hydrogens (primary N) is 1.